The Bertz CT molecular complexity index is 148. The van der Waals surface area contributed by atoms with Crippen LogP contribution in [0.3, 0.4) is 0 Å². The van der Waals surface area contributed by atoms with Gasteiger partial charge in [0.05, 0.1) is 0 Å². The average Bonchev–Trinajstić information content (AvgIpc) is 2.28. The predicted octanol–water partition coefficient (Wildman–Crippen LogP) is 3.39. The summed E-state index contributed by atoms with van der Waals surface area (Å²) in [4.78, 5) is 1.05. The third kappa shape index (κ3) is 7.05. The van der Waals surface area contributed by atoms with Crippen LogP contribution in [-0.4, -0.2) is 49.0 Å². The number of thiol groups is 2. The van der Waals surface area contributed by atoms with E-state index in [1.807, 2.05) is 0 Å². The van der Waals surface area contributed by atoms with Gasteiger partial charge in [-0.2, -0.15) is 0 Å². The van der Waals surface area contributed by atoms with Crippen molar-refractivity contribution < 1.29 is 0 Å². The third-order valence-electron chi connectivity index (χ3n) is 2.31. The molecule has 0 spiro atoms. The molecule has 5 heteroatoms. The first-order valence-corrected chi connectivity index (χ1v) is 11.1. The summed E-state index contributed by atoms with van der Waals surface area (Å²) in [6.45, 7) is 0. The van der Waals surface area contributed by atoms with Gasteiger partial charge in [-0.15, -0.1) is 0 Å². The molecule has 15 heavy (non-hydrogen) atoms. The van der Waals surface area contributed by atoms with Crippen molar-refractivity contribution in [2.45, 2.75) is 28.2 Å². The Balaban J connectivity index is 2.02. The predicted molar refractivity (Wildman–Crippen MR) is 84.8 cm³/mol. The van der Waals surface area contributed by atoms with Gasteiger partial charge in [-0.1, -0.05) is 0 Å². The standard InChI is InChI=1S/C10H20S4Se/c11-3-5-13-7-10-2-1-9(8-15-10)14-6-4-12/h9-12H,1-8H2. The first-order valence-electron chi connectivity index (χ1n) is 5.39. The number of hydrogen-bond acceptors (Lipinski definition) is 4. The molecule has 2 unspecified atom stereocenters. The van der Waals surface area contributed by atoms with Gasteiger partial charge in [-0.05, 0) is 0 Å². The van der Waals surface area contributed by atoms with Crippen molar-refractivity contribution in [1.82, 2.24) is 0 Å². The zero-order chi connectivity index (χ0) is 10.9. The second-order valence-corrected chi connectivity index (χ2v) is 9.80. The monoisotopic (exact) mass is 348 g/mol. The molecule has 0 aromatic heterocycles. The molecule has 1 aliphatic heterocycles. The van der Waals surface area contributed by atoms with Crippen molar-refractivity contribution in [3.8, 4) is 0 Å². The van der Waals surface area contributed by atoms with Crippen molar-refractivity contribution in [3.63, 3.8) is 0 Å². The van der Waals surface area contributed by atoms with Gasteiger partial charge in [0.2, 0.25) is 0 Å². The van der Waals surface area contributed by atoms with Crippen molar-refractivity contribution in [2.75, 3.05) is 28.8 Å². The summed E-state index contributed by atoms with van der Waals surface area (Å²) in [7, 11) is 0. The molecule has 1 heterocycles. The molecule has 0 aromatic rings. The van der Waals surface area contributed by atoms with Crippen molar-refractivity contribution >= 4 is 63.7 Å². The quantitative estimate of drug-likeness (QED) is 0.412. The fourth-order valence-corrected chi connectivity index (χ4v) is 8.14. The van der Waals surface area contributed by atoms with Crippen LogP contribution < -0.4 is 0 Å². The van der Waals surface area contributed by atoms with E-state index in [1.165, 1.54) is 35.4 Å². The Hall–Kier alpha value is 1.92. The molecule has 1 fully saturated rings. The number of rotatable bonds is 7. The van der Waals surface area contributed by atoms with Crippen LogP contribution in [-0.2, 0) is 0 Å². The Morgan fingerprint density at radius 1 is 1.13 bits per heavy atom. The molecular formula is C10H20S4Se. The van der Waals surface area contributed by atoms with E-state index >= 15 is 0 Å². The number of thioether (sulfide) groups is 2. The minimum absolute atomic E-state index is 0.899. The Kier molecular flexibility index (Phi) is 9.89. The normalized spacial score (nSPS) is 26.8. The molecular weight excluding hydrogens is 327 g/mol. The van der Waals surface area contributed by atoms with Crippen LogP contribution in [0.2, 0.25) is 10.1 Å². The van der Waals surface area contributed by atoms with E-state index in [1.54, 1.807) is 0 Å². The van der Waals surface area contributed by atoms with E-state index in [2.05, 4.69) is 48.8 Å². The third-order valence-corrected chi connectivity index (χ3v) is 9.84. The van der Waals surface area contributed by atoms with Crippen molar-refractivity contribution in [3.05, 3.63) is 0 Å². The maximum atomic E-state index is 4.27. The van der Waals surface area contributed by atoms with Gasteiger partial charge in [0.1, 0.15) is 0 Å². The molecule has 1 saturated heterocycles. The maximum absolute atomic E-state index is 4.27. The molecule has 0 aromatic carbocycles. The van der Waals surface area contributed by atoms with Crippen LogP contribution in [0.1, 0.15) is 12.8 Å². The number of hydrogen-bond donors (Lipinski definition) is 2. The van der Waals surface area contributed by atoms with Crippen LogP contribution >= 0.6 is 48.8 Å². The molecule has 1 rings (SSSR count). The fraction of sp³-hybridized carbons (Fsp3) is 1.00. The summed E-state index contributed by atoms with van der Waals surface area (Å²) in [6, 6.07) is 0. The van der Waals surface area contributed by atoms with E-state index in [9.17, 15) is 0 Å². The summed E-state index contributed by atoms with van der Waals surface area (Å²) in [5.41, 5.74) is 0. The van der Waals surface area contributed by atoms with Gasteiger partial charge in [0, 0.05) is 0 Å². The summed E-state index contributed by atoms with van der Waals surface area (Å²) in [5, 5.41) is 2.46. The minimum atomic E-state index is 0.899. The van der Waals surface area contributed by atoms with E-state index in [4.69, 9.17) is 0 Å². The van der Waals surface area contributed by atoms with Gasteiger partial charge in [0.15, 0.2) is 0 Å². The van der Waals surface area contributed by atoms with Gasteiger partial charge in [-0.3, -0.25) is 0 Å². The zero-order valence-electron chi connectivity index (χ0n) is 8.93. The van der Waals surface area contributed by atoms with Crippen molar-refractivity contribution in [1.29, 1.82) is 0 Å². The van der Waals surface area contributed by atoms with E-state index in [-0.39, 0.29) is 0 Å². The topological polar surface area (TPSA) is 0 Å². The molecule has 0 nitrogen and oxygen atoms in total. The van der Waals surface area contributed by atoms with Crippen molar-refractivity contribution in [2.24, 2.45) is 0 Å². The molecule has 0 aliphatic carbocycles. The van der Waals surface area contributed by atoms with Gasteiger partial charge >= 0.3 is 121 Å². The Morgan fingerprint density at radius 3 is 2.53 bits per heavy atom. The molecule has 0 saturated carbocycles. The van der Waals surface area contributed by atoms with Gasteiger partial charge in [0.25, 0.3) is 0 Å². The van der Waals surface area contributed by atoms with Crippen LogP contribution in [0.4, 0.5) is 0 Å². The van der Waals surface area contributed by atoms with Crippen LogP contribution in [0.25, 0.3) is 0 Å². The van der Waals surface area contributed by atoms with E-state index < -0.39 is 0 Å². The first-order chi connectivity index (χ1) is 7.36. The molecule has 0 bridgehead atoms. The van der Waals surface area contributed by atoms with E-state index in [0.29, 0.717) is 0 Å². The van der Waals surface area contributed by atoms with Gasteiger partial charge in [-0.25, -0.2) is 0 Å². The Morgan fingerprint density at radius 2 is 1.93 bits per heavy atom. The SMILES string of the molecule is SCCSCC1CCC(SCCS)C[Se]1. The van der Waals surface area contributed by atoms with Crippen LogP contribution in [0, 0.1) is 0 Å². The molecule has 0 radical (unpaired) electrons. The zero-order valence-corrected chi connectivity index (χ0v) is 14.1. The average molecular weight is 347 g/mol. The molecule has 90 valence electrons. The Labute approximate surface area is 120 Å². The second-order valence-electron chi connectivity index (χ2n) is 3.55. The summed E-state index contributed by atoms with van der Waals surface area (Å²) >= 11 is 13.7. The second kappa shape index (κ2) is 9.90. The summed E-state index contributed by atoms with van der Waals surface area (Å²) in [5.74, 6) is 5.93. The molecule has 0 N–H and O–H groups in total. The molecule has 0 amide bonds. The first kappa shape index (κ1) is 15.0. The molecule has 2 atom stereocenters. The summed E-state index contributed by atoms with van der Waals surface area (Å²) in [6.07, 6.45) is 2.93. The van der Waals surface area contributed by atoms with Crippen LogP contribution in [0.5, 0.6) is 0 Å². The van der Waals surface area contributed by atoms with E-state index in [0.717, 1.165) is 36.5 Å². The molecule has 1 aliphatic rings. The summed E-state index contributed by atoms with van der Waals surface area (Å²) < 4.78 is 0. The fourth-order valence-electron chi connectivity index (χ4n) is 1.54. The van der Waals surface area contributed by atoms with Crippen LogP contribution in [0.15, 0.2) is 0 Å². The van der Waals surface area contributed by atoms with Gasteiger partial charge < -0.3 is 0 Å².